The average Bonchev–Trinajstić information content (AvgIpc) is 1.41. The summed E-state index contributed by atoms with van der Waals surface area (Å²) < 4.78 is 36.2. The van der Waals surface area contributed by atoms with Crippen LogP contribution in [0.2, 0.25) is 0 Å². The van der Waals surface area contributed by atoms with Gasteiger partial charge in [-0.05, 0) is 146 Å². The summed E-state index contributed by atoms with van der Waals surface area (Å²) in [5.41, 5.74) is -2.59. The van der Waals surface area contributed by atoms with E-state index in [-0.39, 0.29) is 69.4 Å². The fraction of sp³-hybridized carbons (Fsp3) is 0. The van der Waals surface area contributed by atoms with Crippen LogP contribution in [0.1, 0.15) is 0 Å². The van der Waals surface area contributed by atoms with E-state index < -0.39 is 98.2 Å². The molecule has 0 aliphatic carbocycles. The summed E-state index contributed by atoms with van der Waals surface area (Å²) in [5, 5.41) is 74.9. The Labute approximate surface area is 500 Å². The zero-order chi connectivity index (χ0) is 62.5. The van der Waals surface area contributed by atoms with Gasteiger partial charge in [-0.15, -0.1) is 0 Å². The Hall–Kier alpha value is -13.8. The highest BCUT2D eigenvalue weighted by Crippen LogP contribution is 2.47. The third kappa shape index (κ3) is 11.0. The van der Waals surface area contributed by atoms with E-state index in [1.807, 2.05) is 0 Å². The number of nitro benzene ring substituents is 6. The van der Waals surface area contributed by atoms with Crippen LogP contribution in [0.5, 0.6) is 69.0 Å². The molecule has 0 N–H and O–H groups in total. The maximum Gasteiger partial charge on any atom is 0.318 e. The van der Waals surface area contributed by atoms with Crippen LogP contribution in [-0.4, -0.2) is 59.4 Å². The molecule has 32 rings (SSSR count). The lowest BCUT2D eigenvalue weighted by molar-refractivity contribution is -0.395. The van der Waals surface area contributed by atoms with Crippen LogP contribution in [0, 0.1) is 60.7 Å². The van der Waals surface area contributed by atoms with Crippen LogP contribution >= 0.6 is 0 Å². The molecule has 30 nitrogen and oxygen atoms in total. The van der Waals surface area contributed by atoms with E-state index in [1.165, 1.54) is 146 Å². The van der Waals surface area contributed by atoms with E-state index in [0.717, 1.165) is 18.2 Å². The van der Waals surface area contributed by atoms with Gasteiger partial charge in [-0.1, -0.05) is 0 Å². The zero-order valence-electron chi connectivity index (χ0n) is 45.0. The van der Waals surface area contributed by atoms with Gasteiger partial charge in [0.15, 0.2) is 34.9 Å². The third-order valence-corrected chi connectivity index (χ3v) is 13.6. The lowest BCUT2D eigenvalue weighted by Gasteiger charge is -2.13. The quantitative estimate of drug-likeness (QED) is 0.110. The second kappa shape index (κ2) is 22.3. The Morgan fingerprint density at radius 3 is 0.467 bits per heavy atom. The van der Waals surface area contributed by atoms with Crippen molar-refractivity contribution < 1.29 is 58.0 Å². The first-order chi connectivity index (χ1) is 43.4. The Balaban J connectivity index is 1.03. The number of ether oxygens (including phenoxy) is 6. The van der Waals surface area contributed by atoms with Crippen molar-refractivity contribution in [2.75, 3.05) is 0 Å². The molecule has 90 heavy (non-hydrogen) atoms. The summed E-state index contributed by atoms with van der Waals surface area (Å²) in [6, 6.07) is 40.4. The van der Waals surface area contributed by atoms with Gasteiger partial charge < -0.3 is 28.4 Å². The summed E-state index contributed by atoms with van der Waals surface area (Å²) >= 11 is 0. The van der Waals surface area contributed by atoms with E-state index in [4.69, 9.17) is 58.3 Å². The van der Waals surface area contributed by atoms with Gasteiger partial charge in [-0.2, -0.15) is 0 Å². The molecule has 0 atom stereocenters. The minimum absolute atomic E-state index is 0.0190. The Bertz CT molecular complexity index is 4030. The third-order valence-electron chi connectivity index (χ3n) is 13.6. The molecule has 0 spiro atoms. The average molecular weight is 1210 g/mol. The summed E-state index contributed by atoms with van der Waals surface area (Å²) in [4.78, 5) is 98.2. The largest absolute Gasteiger partial charge is 0.450 e. The molecule has 0 saturated heterocycles. The number of nitrogens with zero attached hydrogens (tertiary/aromatic N) is 12. The second-order valence-corrected chi connectivity index (χ2v) is 19.3. The van der Waals surface area contributed by atoms with Gasteiger partial charge in [0.25, 0.3) is 0 Å². The van der Waals surface area contributed by atoms with Crippen molar-refractivity contribution in [1.29, 1.82) is 0 Å². The molecule has 21 aliphatic rings. The number of benzene rings is 9. The first kappa shape index (κ1) is 55.4. The normalized spacial score (nSPS) is 11.7. The van der Waals surface area contributed by atoms with Gasteiger partial charge in [0, 0.05) is 51.6 Å². The first-order valence-electron chi connectivity index (χ1n) is 26.1. The highest BCUT2D eigenvalue weighted by Gasteiger charge is 2.32. The van der Waals surface area contributed by atoms with Crippen molar-refractivity contribution in [3.63, 3.8) is 0 Å². The van der Waals surface area contributed by atoms with Gasteiger partial charge >= 0.3 is 34.1 Å². The fourth-order valence-corrected chi connectivity index (χ4v) is 9.28. The molecule has 0 saturated carbocycles. The van der Waals surface area contributed by atoms with E-state index in [1.54, 1.807) is 0 Å². The number of aromatic nitrogens is 6. The lowest BCUT2D eigenvalue weighted by atomic mass is 10.1. The minimum Gasteiger partial charge on any atom is -0.450 e. The van der Waals surface area contributed by atoms with Crippen LogP contribution in [0.3, 0.4) is 0 Å². The molecule has 0 fully saturated rings. The van der Waals surface area contributed by atoms with Crippen molar-refractivity contribution in [3.8, 4) is 137 Å². The maximum atomic E-state index is 12.5. The molecule has 0 radical (unpaired) electrons. The monoisotopic (exact) mass is 1210 g/mol. The molecule has 21 aliphatic heterocycles. The molecule has 24 bridgehead atoms. The van der Waals surface area contributed by atoms with Crippen LogP contribution in [0.15, 0.2) is 182 Å². The molecule has 9 aromatic carbocycles. The van der Waals surface area contributed by atoms with Gasteiger partial charge in [0.2, 0.25) is 34.5 Å². The van der Waals surface area contributed by atoms with E-state index >= 15 is 0 Å². The lowest BCUT2D eigenvalue weighted by Crippen LogP contribution is -2.01. The van der Waals surface area contributed by atoms with E-state index in [2.05, 4.69) is 0 Å². The van der Waals surface area contributed by atoms with Crippen LogP contribution in [-0.2, 0) is 0 Å². The number of hydrogen-bond donors (Lipinski definition) is 0. The molecule has 0 unspecified atom stereocenters. The highest BCUT2D eigenvalue weighted by molar-refractivity contribution is 5.72. The molecule has 2 aromatic heterocycles. The van der Waals surface area contributed by atoms with Crippen molar-refractivity contribution >= 4 is 34.1 Å². The van der Waals surface area contributed by atoms with Crippen molar-refractivity contribution in [2.24, 2.45) is 0 Å². The van der Waals surface area contributed by atoms with Crippen molar-refractivity contribution in [2.45, 2.75) is 0 Å². The molecule has 30 heteroatoms. The van der Waals surface area contributed by atoms with Gasteiger partial charge in [-0.3, -0.25) is 60.7 Å². The molecule has 0 amide bonds. The number of hydrogen-bond acceptors (Lipinski definition) is 24. The van der Waals surface area contributed by atoms with Crippen molar-refractivity contribution in [1.82, 2.24) is 29.9 Å². The van der Waals surface area contributed by atoms with Crippen LogP contribution in [0.25, 0.3) is 68.3 Å². The number of nitro groups is 6. The van der Waals surface area contributed by atoms with Crippen LogP contribution < -0.4 is 28.4 Å². The Morgan fingerprint density at radius 2 is 0.344 bits per heavy atom. The minimum atomic E-state index is -0.851. The molecule has 11 aromatic rings. The fourth-order valence-electron chi connectivity index (χ4n) is 9.28. The first-order valence-corrected chi connectivity index (χ1v) is 26.1. The molecule has 438 valence electrons. The predicted octanol–water partition coefficient (Wildman–Crippen LogP) is 14.9. The Morgan fingerprint density at radius 1 is 0.211 bits per heavy atom. The molecule has 23 heterocycles. The van der Waals surface area contributed by atoms with Gasteiger partial charge in [-0.25, -0.2) is 29.9 Å². The zero-order valence-corrected chi connectivity index (χ0v) is 45.0. The maximum absolute atomic E-state index is 12.5. The summed E-state index contributed by atoms with van der Waals surface area (Å²) in [6.45, 7) is 0. The smallest absolute Gasteiger partial charge is 0.318 e. The Kier molecular flexibility index (Phi) is 13.7. The van der Waals surface area contributed by atoms with E-state index in [0.29, 0.717) is 51.6 Å². The van der Waals surface area contributed by atoms with Crippen LogP contribution in [0.4, 0.5) is 34.1 Å². The van der Waals surface area contributed by atoms with Gasteiger partial charge in [0.05, 0.1) is 29.5 Å². The predicted molar refractivity (Wildman–Crippen MR) is 312 cm³/mol. The topological polar surface area (TPSA) is 392 Å². The summed E-state index contributed by atoms with van der Waals surface area (Å²) in [6.07, 6.45) is 0. The van der Waals surface area contributed by atoms with Crippen molar-refractivity contribution in [3.05, 3.63) is 243 Å². The van der Waals surface area contributed by atoms with E-state index in [9.17, 15) is 60.7 Å². The second-order valence-electron chi connectivity index (χ2n) is 19.3. The summed E-state index contributed by atoms with van der Waals surface area (Å²) in [5.74, 6) is -2.17. The number of rotatable bonds is 6. The van der Waals surface area contributed by atoms with Gasteiger partial charge in [0.1, 0.15) is 52.7 Å². The molecular weight excluding hydrogens is 1180 g/mol. The summed E-state index contributed by atoms with van der Waals surface area (Å²) in [7, 11) is 0. The SMILES string of the molecule is O=[N+]([O-])c1cc([N+](=O)[O-])c2cc1Oc1ccc(cc1)-c1nc3nc(n1)-c1ccc(cc1)Oc1cc(c([N+](=O)[O-])cc1[N+](=O)[O-])Oc1ccc(cc1)-c1nc(nc(n1)-c1ccc(cc1)Oc1cc(c([N+](=O)[O-])cc1[N+](=O)[O-])Oc1ccc-3cc1)-c1ccc(cc1)O2. The molecular formula is C60H30N12O18. The highest BCUT2D eigenvalue weighted by atomic mass is 16.7. The standard InChI is InChI=1S/C60H30N12O18/c73-67(74)43-25-44(68(75)76)50-28-49(43)85-37-13-1-31(2-14-37)55-61-56-32-3-15-38(16-4-32)87-51-29-53(47(71(81)82)26-45(51)69(77)78)89-41-21-9-35(10-22-41)59-64-58(34-7-19-40(86-50)20-8-34)65-60(66-59)36-11-23-42(24-12-36)90-54-30-52(46(70(79)80)27-48(54)72(83)84)88-39-17-5-33(6-18-39)57(62-55)63-56/h1-30H.